The molecule has 0 aromatic heterocycles. The van der Waals surface area contributed by atoms with Crippen LogP contribution in [-0.4, -0.2) is 38.4 Å². The van der Waals surface area contributed by atoms with Gasteiger partial charge < -0.3 is 5.73 Å². The van der Waals surface area contributed by atoms with E-state index in [-0.39, 0.29) is 12.5 Å². The third-order valence-electron chi connectivity index (χ3n) is 3.30. The molecule has 0 spiro atoms. The fourth-order valence-corrected chi connectivity index (χ4v) is 2.70. The van der Waals surface area contributed by atoms with E-state index in [9.17, 15) is 8.42 Å². The van der Waals surface area contributed by atoms with Gasteiger partial charge in [-0.1, -0.05) is 27.2 Å². The van der Waals surface area contributed by atoms with Crippen molar-refractivity contribution >= 4 is 10.2 Å². The molecule has 0 aromatic rings. The Labute approximate surface area is 106 Å². The minimum atomic E-state index is -3.44. The van der Waals surface area contributed by atoms with Gasteiger partial charge in [0.1, 0.15) is 0 Å². The number of nitrogens with zero attached hydrogens (tertiary/aromatic N) is 1. The predicted molar refractivity (Wildman–Crippen MR) is 71.9 cm³/mol. The maximum atomic E-state index is 12.1. The van der Waals surface area contributed by atoms with E-state index in [2.05, 4.69) is 4.72 Å². The Morgan fingerprint density at radius 3 is 2.29 bits per heavy atom. The molecule has 0 amide bonds. The molecule has 0 rings (SSSR count). The van der Waals surface area contributed by atoms with Crippen molar-refractivity contribution in [1.82, 2.24) is 9.03 Å². The zero-order valence-corrected chi connectivity index (χ0v) is 12.5. The topological polar surface area (TPSA) is 75.4 Å². The first-order chi connectivity index (χ1) is 7.69. The fourth-order valence-electron chi connectivity index (χ4n) is 1.27. The Balaban J connectivity index is 4.73. The maximum Gasteiger partial charge on any atom is 0.279 e. The molecule has 1 atom stereocenters. The third kappa shape index (κ3) is 4.91. The molecule has 17 heavy (non-hydrogen) atoms. The van der Waals surface area contributed by atoms with E-state index in [1.165, 1.54) is 4.31 Å². The number of rotatable bonds is 8. The van der Waals surface area contributed by atoms with Crippen LogP contribution in [0.5, 0.6) is 0 Å². The molecular weight excluding hydrogens is 238 g/mol. The quantitative estimate of drug-likeness (QED) is 0.685. The molecule has 0 aliphatic carbocycles. The van der Waals surface area contributed by atoms with E-state index in [0.29, 0.717) is 6.54 Å². The van der Waals surface area contributed by atoms with Gasteiger partial charge in [-0.2, -0.15) is 17.4 Å². The molecule has 0 bridgehead atoms. The van der Waals surface area contributed by atoms with Gasteiger partial charge in [0.2, 0.25) is 0 Å². The summed E-state index contributed by atoms with van der Waals surface area (Å²) in [6.45, 7) is 8.60. The molecule has 0 heterocycles. The van der Waals surface area contributed by atoms with E-state index in [4.69, 9.17) is 5.73 Å². The van der Waals surface area contributed by atoms with Crippen molar-refractivity contribution < 1.29 is 8.42 Å². The van der Waals surface area contributed by atoms with Crippen molar-refractivity contribution in [3.05, 3.63) is 0 Å². The first kappa shape index (κ1) is 16.8. The lowest BCUT2D eigenvalue weighted by molar-refractivity contribution is 0.304. The fraction of sp³-hybridized carbons (Fsp3) is 1.00. The monoisotopic (exact) mass is 265 g/mol. The third-order valence-corrected chi connectivity index (χ3v) is 5.02. The van der Waals surface area contributed by atoms with Crippen LogP contribution in [0.3, 0.4) is 0 Å². The first-order valence-electron chi connectivity index (χ1n) is 6.15. The van der Waals surface area contributed by atoms with E-state index in [0.717, 1.165) is 12.8 Å². The number of nitrogens with two attached hydrogens (primary N) is 1. The second-order valence-corrected chi connectivity index (χ2v) is 6.84. The molecule has 0 saturated carbocycles. The average molecular weight is 265 g/mol. The standard InChI is InChI=1S/C11H27N3O2S/c1-6-7-8-14(5)17(15,16)13-11(4,9-12)10(2)3/h10,13H,6-9,12H2,1-5H3. The minimum Gasteiger partial charge on any atom is -0.329 e. The largest absolute Gasteiger partial charge is 0.329 e. The number of hydrogen-bond acceptors (Lipinski definition) is 3. The van der Waals surface area contributed by atoms with Gasteiger partial charge in [0, 0.05) is 25.7 Å². The van der Waals surface area contributed by atoms with Crippen LogP contribution in [-0.2, 0) is 10.2 Å². The molecule has 1 unspecified atom stereocenters. The second-order valence-electron chi connectivity index (χ2n) is 5.06. The Kier molecular flexibility index (Phi) is 6.61. The van der Waals surface area contributed by atoms with Gasteiger partial charge in [-0.3, -0.25) is 0 Å². The lowest BCUT2D eigenvalue weighted by Gasteiger charge is -2.34. The molecule has 3 N–H and O–H groups in total. The summed E-state index contributed by atoms with van der Waals surface area (Å²) in [5, 5.41) is 0. The lowest BCUT2D eigenvalue weighted by Crippen LogP contribution is -2.57. The normalized spacial score (nSPS) is 16.5. The molecular formula is C11H27N3O2S. The molecule has 0 aromatic carbocycles. The van der Waals surface area contributed by atoms with E-state index < -0.39 is 15.7 Å². The van der Waals surface area contributed by atoms with Gasteiger partial charge in [0.25, 0.3) is 10.2 Å². The van der Waals surface area contributed by atoms with E-state index >= 15 is 0 Å². The summed E-state index contributed by atoms with van der Waals surface area (Å²) in [5.41, 5.74) is 5.07. The summed E-state index contributed by atoms with van der Waals surface area (Å²) in [6, 6.07) is 0. The molecule has 6 heteroatoms. The van der Waals surface area contributed by atoms with Crippen LogP contribution in [0, 0.1) is 5.92 Å². The van der Waals surface area contributed by atoms with Crippen LogP contribution in [0.25, 0.3) is 0 Å². The Hall–Kier alpha value is -0.170. The zero-order chi connectivity index (χ0) is 13.7. The van der Waals surface area contributed by atoms with Gasteiger partial charge in [-0.05, 0) is 19.3 Å². The van der Waals surface area contributed by atoms with Crippen LogP contribution in [0.2, 0.25) is 0 Å². The zero-order valence-electron chi connectivity index (χ0n) is 11.7. The maximum absolute atomic E-state index is 12.1. The van der Waals surface area contributed by atoms with Crippen LogP contribution in [0.1, 0.15) is 40.5 Å². The van der Waals surface area contributed by atoms with Gasteiger partial charge in [-0.25, -0.2) is 0 Å². The summed E-state index contributed by atoms with van der Waals surface area (Å²) in [7, 11) is -1.85. The summed E-state index contributed by atoms with van der Waals surface area (Å²) < 4.78 is 28.2. The first-order valence-corrected chi connectivity index (χ1v) is 7.59. The predicted octanol–water partition coefficient (Wildman–Crippen LogP) is 0.926. The highest BCUT2D eigenvalue weighted by atomic mass is 32.2. The summed E-state index contributed by atoms with van der Waals surface area (Å²) in [4.78, 5) is 0. The number of nitrogens with one attached hydrogen (secondary N) is 1. The SMILES string of the molecule is CCCCN(C)S(=O)(=O)NC(C)(CN)C(C)C. The van der Waals surface area contributed by atoms with E-state index in [1.807, 2.05) is 27.7 Å². The van der Waals surface area contributed by atoms with Gasteiger partial charge >= 0.3 is 0 Å². The van der Waals surface area contributed by atoms with Crippen molar-refractivity contribution in [2.24, 2.45) is 11.7 Å². The highest BCUT2D eigenvalue weighted by molar-refractivity contribution is 7.87. The lowest BCUT2D eigenvalue weighted by atomic mass is 9.90. The molecule has 0 fully saturated rings. The molecule has 0 aliphatic rings. The number of unbranched alkanes of at least 4 members (excludes halogenated alkanes) is 1. The highest BCUT2D eigenvalue weighted by Crippen LogP contribution is 2.17. The highest BCUT2D eigenvalue weighted by Gasteiger charge is 2.33. The molecule has 5 nitrogen and oxygen atoms in total. The van der Waals surface area contributed by atoms with Crippen molar-refractivity contribution in [3.63, 3.8) is 0 Å². The van der Waals surface area contributed by atoms with Crippen molar-refractivity contribution in [1.29, 1.82) is 0 Å². The molecule has 0 aliphatic heterocycles. The average Bonchev–Trinajstić information content (AvgIpc) is 2.24. The van der Waals surface area contributed by atoms with Gasteiger partial charge in [0.05, 0.1) is 0 Å². The number of hydrogen-bond donors (Lipinski definition) is 2. The Bertz CT molecular complexity index is 317. The smallest absolute Gasteiger partial charge is 0.279 e. The summed E-state index contributed by atoms with van der Waals surface area (Å²) in [6.07, 6.45) is 1.83. The molecule has 104 valence electrons. The van der Waals surface area contributed by atoms with Gasteiger partial charge in [0.15, 0.2) is 0 Å². The van der Waals surface area contributed by atoms with Crippen LogP contribution in [0.4, 0.5) is 0 Å². The minimum absolute atomic E-state index is 0.141. The Morgan fingerprint density at radius 1 is 1.41 bits per heavy atom. The van der Waals surface area contributed by atoms with Crippen LogP contribution >= 0.6 is 0 Å². The van der Waals surface area contributed by atoms with Crippen LogP contribution < -0.4 is 10.5 Å². The van der Waals surface area contributed by atoms with Gasteiger partial charge in [-0.15, -0.1) is 0 Å². The summed E-state index contributed by atoms with van der Waals surface area (Å²) in [5.74, 6) is 0.141. The van der Waals surface area contributed by atoms with Crippen LogP contribution in [0.15, 0.2) is 0 Å². The second kappa shape index (κ2) is 6.68. The van der Waals surface area contributed by atoms with Crippen molar-refractivity contribution in [2.75, 3.05) is 20.1 Å². The molecule has 0 radical (unpaired) electrons. The summed E-state index contributed by atoms with van der Waals surface area (Å²) >= 11 is 0. The Morgan fingerprint density at radius 2 is 1.94 bits per heavy atom. The van der Waals surface area contributed by atoms with Crippen molar-refractivity contribution in [2.45, 2.75) is 46.1 Å². The van der Waals surface area contributed by atoms with Crippen molar-refractivity contribution in [3.8, 4) is 0 Å². The van der Waals surface area contributed by atoms with E-state index in [1.54, 1.807) is 7.05 Å². The molecule has 0 saturated heterocycles.